The number of nitro groups is 1. The number of nitro benzene ring substituents is 1. The van der Waals surface area contributed by atoms with E-state index in [-0.39, 0.29) is 22.7 Å². The minimum atomic E-state index is -1.58. The molecule has 1 rings (SSSR count). The fourth-order valence-corrected chi connectivity index (χ4v) is 2.06. The maximum atomic E-state index is 14.0. The van der Waals surface area contributed by atoms with Crippen molar-refractivity contribution >= 4 is 22.4 Å². The third kappa shape index (κ3) is 4.07. The van der Waals surface area contributed by atoms with E-state index in [1.54, 1.807) is 20.8 Å². The first kappa shape index (κ1) is 17.2. The van der Waals surface area contributed by atoms with E-state index >= 15 is 0 Å². The Morgan fingerprint density at radius 3 is 2.43 bits per heavy atom. The van der Waals surface area contributed by atoms with Crippen LogP contribution in [-0.4, -0.2) is 26.7 Å². The maximum absolute atomic E-state index is 14.0. The van der Waals surface area contributed by atoms with Gasteiger partial charge in [0.2, 0.25) is 0 Å². The summed E-state index contributed by atoms with van der Waals surface area (Å²) in [7, 11) is -0.361. The molecule has 8 heteroatoms. The van der Waals surface area contributed by atoms with Crippen LogP contribution in [0.4, 0.5) is 10.1 Å². The highest BCUT2D eigenvalue weighted by molar-refractivity contribution is 7.85. The van der Waals surface area contributed by atoms with Crippen LogP contribution in [0.2, 0.25) is 0 Å². The molecule has 116 valence electrons. The largest absolute Gasteiger partial charge is 0.490 e. The number of benzene rings is 1. The van der Waals surface area contributed by atoms with Crippen molar-refractivity contribution in [1.29, 1.82) is 0 Å². The average molecular weight is 316 g/mol. The first-order valence-electron chi connectivity index (χ1n) is 6.07. The number of rotatable bonds is 4. The molecule has 1 aromatic carbocycles. The zero-order chi connectivity index (χ0) is 16.4. The molecule has 0 amide bonds. The van der Waals surface area contributed by atoms with E-state index in [1.807, 2.05) is 0 Å². The average Bonchev–Trinajstić information content (AvgIpc) is 2.36. The van der Waals surface area contributed by atoms with Crippen molar-refractivity contribution in [3.8, 4) is 5.75 Å². The van der Waals surface area contributed by atoms with Crippen LogP contribution in [0.5, 0.6) is 5.75 Å². The molecule has 0 saturated carbocycles. The summed E-state index contributed by atoms with van der Waals surface area (Å²) in [5.74, 6) is -0.893. The van der Waals surface area contributed by atoms with Gasteiger partial charge in [-0.05, 0) is 27.7 Å². The normalized spacial score (nSPS) is 13.9. The topological polar surface area (TPSA) is 81.8 Å². The van der Waals surface area contributed by atoms with Crippen LogP contribution < -0.4 is 4.74 Å². The predicted molar refractivity (Wildman–Crippen MR) is 79.7 cm³/mol. The summed E-state index contributed by atoms with van der Waals surface area (Å²) in [5.41, 5.74) is -0.309. The maximum Gasteiger partial charge on any atom is 0.311 e. The van der Waals surface area contributed by atoms with Gasteiger partial charge in [0, 0.05) is 17.7 Å². The lowest BCUT2D eigenvalue weighted by molar-refractivity contribution is -0.385. The Kier molecular flexibility index (Phi) is 5.16. The summed E-state index contributed by atoms with van der Waals surface area (Å²) >= 11 is 0. The molecule has 0 saturated heterocycles. The smallest absolute Gasteiger partial charge is 0.311 e. The second kappa shape index (κ2) is 6.30. The second-order valence-electron chi connectivity index (χ2n) is 5.30. The van der Waals surface area contributed by atoms with Gasteiger partial charge in [0.25, 0.3) is 0 Å². The van der Waals surface area contributed by atoms with Gasteiger partial charge in [-0.25, -0.2) is 8.60 Å². The number of nitrogens with zero attached hydrogens (tertiary/aromatic N) is 2. The number of hydrogen-bond donors (Lipinski definition) is 0. The van der Waals surface area contributed by atoms with Crippen molar-refractivity contribution in [3.63, 3.8) is 0 Å². The molecule has 0 bridgehead atoms. The van der Waals surface area contributed by atoms with Crippen LogP contribution >= 0.6 is 0 Å². The van der Waals surface area contributed by atoms with Crippen LogP contribution in [0.25, 0.3) is 0 Å². The molecule has 0 fully saturated rings. The van der Waals surface area contributed by atoms with E-state index < -0.39 is 26.5 Å². The van der Waals surface area contributed by atoms with Crippen molar-refractivity contribution < 1.29 is 18.3 Å². The zero-order valence-electron chi connectivity index (χ0n) is 12.5. The quantitative estimate of drug-likeness (QED) is 0.486. The van der Waals surface area contributed by atoms with Crippen LogP contribution in [0.1, 0.15) is 33.3 Å². The van der Waals surface area contributed by atoms with Crippen molar-refractivity contribution in [1.82, 2.24) is 0 Å². The van der Waals surface area contributed by atoms with Crippen molar-refractivity contribution in [2.24, 2.45) is 4.40 Å². The molecule has 0 spiro atoms. The lowest BCUT2D eigenvalue weighted by Gasteiger charge is -2.14. The minimum Gasteiger partial charge on any atom is -0.490 e. The SMILES string of the molecule is COc1cc(F)c(C(C)=N[S@@](=O)C(C)(C)C)cc1[N+](=O)[O-]. The summed E-state index contributed by atoms with van der Waals surface area (Å²) in [4.78, 5) is 10.3. The van der Waals surface area contributed by atoms with Crippen molar-refractivity contribution in [3.05, 3.63) is 33.6 Å². The lowest BCUT2D eigenvalue weighted by atomic mass is 10.1. The molecule has 0 aliphatic heterocycles. The Balaban J connectivity index is 3.37. The Morgan fingerprint density at radius 2 is 2.00 bits per heavy atom. The molecule has 0 unspecified atom stereocenters. The fourth-order valence-electron chi connectivity index (χ4n) is 1.44. The van der Waals surface area contributed by atoms with Gasteiger partial charge < -0.3 is 4.74 Å². The van der Waals surface area contributed by atoms with Gasteiger partial charge >= 0.3 is 5.69 Å². The number of hydrogen-bond acceptors (Lipinski definition) is 4. The summed E-state index contributed by atoms with van der Waals surface area (Å²) < 4.78 is 34.0. The molecular formula is C13H17FN2O4S. The third-order valence-corrected chi connectivity index (χ3v) is 4.09. The monoisotopic (exact) mass is 316 g/mol. The molecule has 0 heterocycles. The Labute approximate surface area is 124 Å². The lowest BCUT2D eigenvalue weighted by Crippen LogP contribution is -2.21. The van der Waals surface area contributed by atoms with Crippen LogP contribution in [0.15, 0.2) is 16.5 Å². The molecule has 0 N–H and O–H groups in total. The second-order valence-corrected chi connectivity index (χ2v) is 7.20. The summed E-state index contributed by atoms with van der Waals surface area (Å²) in [5, 5.41) is 11.0. The Morgan fingerprint density at radius 1 is 1.43 bits per heavy atom. The third-order valence-electron chi connectivity index (χ3n) is 2.60. The zero-order valence-corrected chi connectivity index (χ0v) is 13.3. The first-order valence-corrected chi connectivity index (χ1v) is 7.18. The van der Waals surface area contributed by atoms with E-state index in [0.717, 1.165) is 12.1 Å². The molecule has 0 radical (unpaired) electrons. The number of ether oxygens (including phenoxy) is 1. The van der Waals surface area contributed by atoms with E-state index in [1.165, 1.54) is 14.0 Å². The Hall–Kier alpha value is -1.83. The van der Waals surface area contributed by atoms with Gasteiger partial charge in [-0.1, -0.05) is 0 Å². The van der Waals surface area contributed by atoms with E-state index in [0.29, 0.717) is 0 Å². The van der Waals surface area contributed by atoms with Crippen molar-refractivity contribution in [2.75, 3.05) is 7.11 Å². The molecule has 6 nitrogen and oxygen atoms in total. The standard InChI is InChI=1S/C13H17FN2O4S/c1-8(15-21(19)13(2,3)4)9-6-11(16(17)18)12(20-5)7-10(9)14/h6-7H,1-5H3/t21-/m0/s1. The van der Waals surface area contributed by atoms with Crippen LogP contribution in [0.3, 0.4) is 0 Å². The van der Waals surface area contributed by atoms with Gasteiger partial charge in [0.05, 0.1) is 22.5 Å². The van der Waals surface area contributed by atoms with Gasteiger partial charge in [-0.3, -0.25) is 10.1 Å². The van der Waals surface area contributed by atoms with E-state index in [4.69, 9.17) is 4.74 Å². The predicted octanol–water partition coefficient (Wildman–Crippen LogP) is 3.01. The van der Waals surface area contributed by atoms with Gasteiger partial charge in [0.15, 0.2) is 5.75 Å². The first-order chi connectivity index (χ1) is 9.57. The molecular weight excluding hydrogens is 299 g/mol. The van der Waals surface area contributed by atoms with Crippen LogP contribution in [-0.2, 0) is 11.0 Å². The van der Waals surface area contributed by atoms with E-state index in [9.17, 15) is 18.7 Å². The van der Waals surface area contributed by atoms with Gasteiger partial charge in [0.1, 0.15) is 16.8 Å². The highest BCUT2D eigenvalue weighted by atomic mass is 32.2. The molecule has 21 heavy (non-hydrogen) atoms. The highest BCUT2D eigenvalue weighted by Crippen LogP contribution is 2.30. The molecule has 1 aromatic rings. The van der Waals surface area contributed by atoms with Crippen LogP contribution in [0, 0.1) is 15.9 Å². The van der Waals surface area contributed by atoms with Gasteiger partial charge in [-0.15, -0.1) is 0 Å². The van der Waals surface area contributed by atoms with Crippen molar-refractivity contribution in [2.45, 2.75) is 32.4 Å². The highest BCUT2D eigenvalue weighted by Gasteiger charge is 2.23. The summed E-state index contributed by atoms with van der Waals surface area (Å²) in [6, 6.07) is 1.96. The summed E-state index contributed by atoms with van der Waals surface area (Å²) in [6.07, 6.45) is 0. The number of methoxy groups -OCH3 is 1. The number of halogens is 1. The molecule has 1 atom stereocenters. The van der Waals surface area contributed by atoms with Gasteiger partial charge in [-0.2, -0.15) is 4.40 Å². The Bertz CT molecular complexity index is 623. The molecule has 0 aliphatic carbocycles. The molecule has 0 aliphatic rings. The summed E-state index contributed by atoms with van der Waals surface area (Å²) in [6.45, 7) is 6.64. The van der Waals surface area contributed by atoms with E-state index in [2.05, 4.69) is 4.40 Å². The molecule has 0 aromatic heterocycles. The fraction of sp³-hybridized carbons (Fsp3) is 0.462. The minimum absolute atomic E-state index is 0.0694.